The summed E-state index contributed by atoms with van der Waals surface area (Å²) in [5.74, 6) is -18.6. The van der Waals surface area contributed by atoms with E-state index in [-0.39, 0.29) is 66.2 Å². The quantitative estimate of drug-likeness (QED) is 0.0659. The molecule has 496 valence electrons. The number of amides is 7. The number of para-hydroxylation sites is 1. The zero-order chi connectivity index (χ0) is 69.3. The van der Waals surface area contributed by atoms with Crippen LogP contribution in [0.4, 0.5) is 0 Å². The van der Waals surface area contributed by atoms with Crippen molar-refractivity contribution in [3.63, 3.8) is 0 Å². The van der Waals surface area contributed by atoms with E-state index in [2.05, 4.69) is 42.2 Å². The second-order valence-corrected chi connectivity index (χ2v) is 23.9. The third kappa shape index (κ3) is 12.2. The highest BCUT2D eigenvalue weighted by molar-refractivity contribution is 6.45. The van der Waals surface area contributed by atoms with Gasteiger partial charge in [0.2, 0.25) is 41.2 Å². The van der Waals surface area contributed by atoms with E-state index >= 15 is 24.0 Å². The maximum absolute atomic E-state index is 15.9. The van der Waals surface area contributed by atoms with Crippen LogP contribution in [0.3, 0.4) is 0 Å². The fourth-order valence-electron chi connectivity index (χ4n) is 11.9. The first-order valence-corrected chi connectivity index (χ1v) is 30.3. The highest BCUT2D eigenvalue weighted by atomic mass is 35.5. The molecule has 7 amide bonds. The molecule has 7 heterocycles. The van der Waals surface area contributed by atoms with Crippen molar-refractivity contribution in [2.24, 2.45) is 0 Å². The van der Waals surface area contributed by atoms with E-state index in [1.165, 1.54) is 36.5 Å². The molecule has 0 saturated carbocycles. The lowest BCUT2D eigenvalue weighted by molar-refractivity contribution is -0.143. The third-order valence-corrected chi connectivity index (χ3v) is 17.3. The molecule has 0 aliphatic carbocycles. The van der Waals surface area contributed by atoms with Gasteiger partial charge in [0.25, 0.3) is 11.7 Å². The standard InChI is InChI=1S/C68H50Cl2N8O20/c69-39-13-26-5-11-46(39)97-49-20-31-21-50(60(49)86)98-47-12-8-29(18-40(47)70)58(84)57-66(92)77-56(68(94)95)37-23-33(80)24-45(83)51(37)36-17-27(6-9-43(36)81)52(63(89)78-57)74-65(91)55(31)75-64(90)54-30-15-32(79)22-34(16-30)96-48-19-28(7-10-44(48)82)53(62(88)72-42(14-26)61(87)73-54)76-67(93)59(85)38-25-71-41-4-2-1-3-35(38)41/h1-13,15-25,42,52-58,71,79-84,86H,14H2,(H,72,88)(H,73,87)(H,74,91)(H,75,90)(H,76,93)(H,77,92)(H,78,89)(H,94,95)/t42-,52-,53-,54+,55-,56+,57+,58-/m1/s1. The van der Waals surface area contributed by atoms with Crippen LogP contribution in [0.25, 0.3) is 22.0 Å². The van der Waals surface area contributed by atoms with Crippen LogP contribution in [-0.4, -0.2) is 111 Å². The van der Waals surface area contributed by atoms with Crippen molar-refractivity contribution >= 4 is 87.2 Å². The number of ketones is 1. The minimum absolute atomic E-state index is 0.0619. The number of aliphatic hydroxyl groups excluding tert-OH is 1. The lowest BCUT2D eigenvalue weighted by Crippen LogP contribution is -2.55. The van der Waals surface area contributed by atoms with Gasteiger partial charge >= 0.3 is 5.97 Å². The molecule has 0 fully saturated rings. The lowest BCUT2D eigenvalue weighted by Gasteiger charge is -2.31. The van der Waals surface area contributed by atoms with Crippen molar-refractivity contribution < 1.29 is 98.2 Å². The summed E-state index contributed by atoms with van der Waals surface area (Å²) in [5.41, 5.74) is -2.16. The van der Waals surface area contributed by atoms with Crippen molar-refractivity contribution in [3.8, 4) is 80.1 Å². The Kier molecular flexibility index (Phi) is 16.6. The van der Waals surface area contributed by atoms with E-state index in [0.717, 1.165) is 84.9 Å². The average molecular weight is 1370 g/mol. The zero-order valence-corrected chi connectivity index (χ0v) is 51.4. The Balaban J connectivity index is 0.983. The average Bonchev–Trinajstić information content (AvgIpc) is 0.929. The number of carbonyl (C=O) groups is 9. The van der Waals surface area contributed by atoms with Crippen LogP contribution >= 0.6 is 23.2 Å². The summed E-state index contributed by atoms with van der Waals surface area (Å²) in [7, 11) is 0. The molecule has 28 nitrogen and oxygen atoms in total. The Morgan fingerprint density at radius 1 is 0.510 bits per heavy atom. The van der Waals surface area contributed by atoms with Crippen LogP contribution < -0.4 is 51.4 Å². The van der Waals surface area contributed by atoms with E-state index in [9.17, 15) is 60.0 Å². The summed E-state index contributed by atoms with van der Waals surface area (Å²) in [4.78, 5) is 136. The summed E-state index contributed by atoms with van der Waals surface area (Å²) >= 11 is 13.8. The molecular weight excluding hydrogens is 1320 g/mol. The van der Waals surface area contributed by atoms with E-state index in [1.807, 2.05) is 0 Å². The number of carboxylic acids is 1. The molecule has 6 aliphatic heterocycles. The lowest BCUT2D eigenvalue weighted by atomic mass is 9.89. The number of fused-ring (bicyclic) bond motifs is 15. The van der Waals surface area contributed by atoms with Gasteiger partial charge in [-0.1, -0.05) is 65.7 Å². The highest BCUT2D eigenvalue weighted by Gasteiger charge is 2.42. The number of Topliss-reactive ketones (excluding diaryl/α,β-unsaturated/α-hetero) is 1. The fraction of sp³-hybridized carbons (Fsp3) is 0.132. The molecule has 15 rings (SSSR count). The van der Waals surface area contributed by atoms with Gasteiger partial charge in [-0.2, -0.15) is 0 Å². The van der Waals surface area contributed by atoms with Gasteiger partial charge in [-0.25, -0.2) is 4.79 Å². The van der Waals surface area contributed by atoms with Gasteiger partial charge < -0.3 is 97.3 Å². The molecule has 8 atom stereocenters. The number of aromatic hydroxyl groups is 6. The van der Waals surface area contributed by atoms with E-state index in [1.54, 1.807) is 24.3 Å². The number of carbonyl (C=O) groups excluding carboxylic acids is 8. The Hall–Kier alpha value is -12.5. The number of ether oxygens (including phenoxy) is 3. The Morgan fingerprint density at radius 2 is 1.12 bits per heavy atom. The van der Waals surface area contributed by atoms with Crippen LogP contribution in [-0.2, 0) is 44.8 Å². The SMILES string of the molecule is O=C(N[C@H]1C(=O)N[C@@H]2Cc3ccc(c(Cl)c3)Oc3cc4cc(c3O)Oc3ccc(cc3Cl)[C@@H](O)[C@@H]3NC(=O)[C@H](NC(=O)[C@@H]4NC(=O)[C@@H](NC2=O)c2cc(O)cc(c2)Oc2cc1ccc2O)c1ccc(O)c(c1)-c1c(O)cc(O)cc1[C@@H](C(=O)O)NC3=O)C(=O)c1c[nH]c2ccccc12. The summed E-state index contributed by atoms with van der Waals surface area (Å²) < 4.78 is 18.6. The van der Waals surface area contributed by atoms with Crippen molar-refractivity contribution in [1.29, 1.82) is 0 Å². The molecule has 16 N–H and O–H groups in total. The second-order valence-electron chi connectivity index (χ2n) is 23.1. The maximum atomic E-state index is 15.9. The second kappa shape index (κ2) is 25.3. The first-order chi connectivity index (χ1) is 46.8. The summed E-state index contributed by atoms with van der Waals surface area (Å²) in [6.07, 6.45) is -1.35. The monoisotopic (exact) mass is 1370 g/mol. The molecule has 6 aliphatic rings. The number of aliphatic hydroxyl groups is 1. The number of H-pyrrole nitrogens is 1. The van der Waals surface area contributed by atoms with Gasteiger partial charge in [0.15, 0.2) is 29.0 Å². The zero-order valence-electron chi connectivity index (χ0n) is 49.9. The molecule has 0 radical (unpaired) electrons. The van der Waals surface area contributed by atoms with E-state index in [0.29, 0.717) is 10.9 Å². The molecule has 9 aromatic rings. The van der Waals surface area contributed by atoms with Crippen LogP contribution in [0.15, 0.2) is 146 Å². The number of benzene rings is 8. The summed E-state index contributed by atoms with van der Waals surface area (Å²) in [5, 5.41) is 109. The van der Waals surface area contributed by atoms with Crippen molar-refractivity contribution in [3.05, 3.63) is 200 Å². The minimum atomic E-state index is -2.24. The predicted molar refractivity (Wildman–Crippen MR) is 342 cm³/mol. The number of phenolic OH excluding ortho intramolecular Hbond substituents is 6. The number of hydrogen-bond donors (Lipinski definition) is 16. The molecular formula is C68H50Cl2N8O20. The molecule has 8 aromatic carbocycles. The number of halogens is 2. The normalized spacial score (nSPS) is 20.6. The molecule has 98 heavy (non-hydrogen) atoms. The first-order valence-electron chi connectivity index (χ1n) is 29.5. The van der Waals surface area contributed by atoms with Gasteiger partial charge in [0.1, 0.15) is 82.6 Å². The number of aliphatic carboxylic acids is 1. The molecule has 0 saturated heterocycles. The summed E-state index contributed by atoms with van der Waals surface area (Å²) in [6, 6.07) is 13.0. The molecule has 0 unspecified atom stereocenters. The van der Waals surface area contributed by atoms with Crippen LogP contribution in [0.1, 0.15) is 85.6 Å². The Bertz CT molecular complexity index is 4950. The number of nitrogens with one attached hydrogen (secondary N) is 8. The first kappa shape index (κ1) is 64.2. The predicted octanol–water partition coefficient (Wildman–Crippen LogP) is 6.51. The molecule has 30 heteroatoms. The van der Waals surface area contributed by atoms with Gasteiger partial charge in [-0.05, 0) is 118 Å². The molecule has 1 aromatic heterocycles. The van der Waals surface area contributed by atoms with E-state index < -0.39 is 176 Å². The van der Waals surface area contributed by atoms with E-state index in [4.69, 9.17) is 37.4 Å². The van der Waals surface area contributed by atoms with Crippen molar-refractivity contribution in [1.82, 2.24) is 42.2 Å². The van der Waals surface area contributed by atoms with Gasteiger partial charge in [0.05, 0.1) is 15.6 Å². The number of aromatic nitrogens is 1. The van der Waals surface area contributed by atoms with Gasteiger partial charge in [-0.3, -0.25) is 38.4 Å². The summed E-state index contributed by atoms with van der Waals surface area (Å²) in [6.45, 7) is 0. The number of rotatable bonds is 4. The van der Waals surface area contributed by atoms with Crippen molar-refractivity contribution in [2.45, 2.75) is 54.8 Å². The fourth-order valence-corrected chi connectivity index (χ4v) is 12.4. The number of carboxylic acid groups (broad SMARTS) is 1. The smallest absolute Gasteiger partial charge is 0.330 e. The molecule has 0 spiro atoms. The van der Waals surface area contributed by atoms with Gasteiger partial charge in [0, 0.05) is 52.3 Å². The van der Waals surface area contributed by atoms with Crippen LogP contribution in [0.2, 0.25) is 10.0 Å². The highest BCUT2D eigenvalue weighted by Crippen LogP contribution is 2.48. The Morgan fingerprint density at radius 3 is 1.83 bits per heavy atom. The minimum Gasteiger partial charge on any atom is -0.508 e. The van der Waals surface area contributed by atoms with Crippen LogP contribution in [0, 0.1) is 0 Å². The number of phenols is 6. The van der Waals surface area contributed by atoms with Crippen molar-refractivity contribution in [2.75, 3.05) is 0 Å². The van der Waals surface area contributed by atoms with Gasteiger partial charge in [-0.15, -0.1) is 0 Å². The topological polar surface area (TPSA) is 443 Å². The Labute approximate surface area is 560 Å². The maximum Gasteiger partial charge on any atom is 0.330 e. The number of aromatic amines is 1. The van der Waals surface area contributed by atoms with Crippen LogP contribution in [0.5, 0.6) is 69.0 Å². The number of hydrogen-bond acceptors (Lipinski definition) is 19. The molecule has 17 bridgehead atoms. The largest absolute Gasteiger partial charge is 0.508 e. The third-order valence-electron chi connectivity index (χ3n) is 16.7.